The zero-order valence-corrected chi connectivity index (χ0v) is 11.6. The number of esters is 1. The van der Waals surface area contributed by atoms with Crippen LogP contribution in [-0.2, 0) is 14.3 Å². The molecule has 1 aliphatic rings. The summed E-state index contributed by atoms with van der Waals surface area (Å²) in [5, 5.41) is 0. The maximum atomic E-state index is 12.3. The Labute approximate surface area is 109 Å². The van der Waals surface area contributed by atoms with E-state index in [1.165, 1.54) is 13.5 Å². The van der Waals surface area contributed by atoms with Crippen LogP contribution in [0.2, 0.25) is 0 Å². The van der Waals surface area contributed by atoms with Crippen molar-refractivity contribution in [1.29, 1.82) is 0 Å². The third-order valence-electron chi connectivity index (χ3n) is 3.54. The Balaban J connectivity index is 2.55. The van der Waals surface area contributed by atoms with Crippen molar-refractivity contribution < 1.29 is 14.3 Å². The fourth-order valence-electron chi connectivity index (χ4n) is 2.29. The van der Waals surface area contributed by atoms with Crippen molar-refractivity contribution in [1.82, 2.24) is 9.80 Å². The number of rotatable bonds is 5. The van der Waals surface area contributed by atoms with Gasteiger partial charge in [-0.25, -0.2) is 0 Å². The maximum Gasteiger partial charge on any atom is 0.319 e. The molecule has 0 N–H and O–H groups in total. The van der Waals surface area contributed by atoms with Crippen molar-refractivity contribution in [2.45, 2.75) is 39.2 Å². The van der Waals surface area contributed by atoms with Crippen molar-refractivity contribution in [2.24, 2.45) is 0 Å². The number of nitrogens with zero attached hydrogens (tertiary/aromatic N) is 2. The van der Waals surface area contributed by atoms with Gasteiger partial charge in [-0.05, 0) is 32.7 Å². The molecular weight excluding hydrogens is 232 g/mol. The molecule has 0 radical (unpaired) electrons. The van der Waals surface area contributed by atoms with Crippen LogP contribution in [0.5, 0.6) is 0 Å². The molecule has 0 aromatic rings. The predicted molar refractivity (Wildman–Crippen MR) is 69.2 cm³/mol. The van der Waals surface area contributed by atoms with E-state index < -0.39 is 0 Å². The average Bonchev–Trinajstić information content (AvgIpc) is 2.43. The van der Waals surface area contributed by atoms with E-state index in [1.807, 2.05) is 23.6 Å². The third-order valence-corrected chi connectivity index (χ3v) is 3.54. The molecule has 0 saturated carbocycles. The summed E-state index contributed by atoms with van der Waals surface area (Å²) in [6.45, 7) is 6.34. The molecule has 5 heteroatoms. The Morgan fingerprint density at radius 3 is 2.39 bits per heavy atom. The molecule has 0 aromatic heterocycles. The lowest BCUT2D eigenvalue weighted by atomic mass is 10.1. The topological polar surface area (TPSA) is 49.9 Å². The van der Waals surface area contributed by atoms with Gasteiger partial charge < -0.3 is 9.64 Å². The number of ether oxygens (including phenoxy) is 1. The van der Waals surface area contributed by atoms with Gasteiger partial charge in [0.2, 0.25) is 5.91 Å². The Kier molecular flexibility index (Phi) is 6.12. The van der Waals surface area contributed by atoms with Gasteiger partial charge in [0.05, 0.1) is 19.7 Å². The minimum absolute atomic E-state index is 0.125. The highest BCUT2D eigenvalue weighted by Crippen LogP contribution is 2.12. The van der Waals surface area contributed by atoms with Gasteiger partial charge in [-0.15, -0.1) is 0 Å². The first kappa shape index (κ1) is 15.0. The van der Waals surface area contributed by atoms with Crippen LogP contribution >= 0.6 is 0 Å². The van der Waals surface area contributed by atoms with Gasteiger partial charge in [-0.2, -0.15) is 0 Å². The molecule has 1 fully saturated rings. The highest BCUT2D eigenvalue weighted by molar-refractivity contribution is 5.82. The molecule has 0 bridgehead atoms. The van der Waals surface area contributed by atoms with Crippen LogP contribution in [0.15, 0.2) is 0 Å². The SMILES string of the molecule is CCN(CC(=O)OC)C(C)C(=O)N1CCCCC1. The fourth-order valence-corrected chi connectivity index (χ4v) is 2.29. The molecular formula is C13H24N2O3. The number of amides is 1. The van der Waals surface area contributed by atoms with Crippen molar-refractivity contribution >= 4 is 11.9 Å². The van der Waals surface area contributed by atoms with Gasteiger partial charge in [0.25, 0.3) is 0 Å². The Morgan fingerprint density at radius 1 is 1.28 bits per heavy atom. The van der Waals surface area contributed by atoms with E-state index in [2.05, 4.69) is 4.74 Å². The Bertz CT molecular complexity index is 288. The smallest absolute Gasteiger partial charge is 0.319 e. The lowest BCUT2D eigenvalue weighted by molar-refractivity contribution is -0.145. The van der Waals surface area contributed by atoms with Crippen LogP contribution in [0, 0.1) is 0 Å². The molecule has 0 spiro atoms. The second kappa shape index (κ2) is 7.36. The van der Waals surface area contributed by atoms with Crippen molar-refractivity contribution in [3.63, 3.8) is 0 Å². The summed E-state index contributed by atoms with van der Waals surface area (Å²) in [5.74, 6) is -0.171. The molecule has 5 nitrogen and oxygen atoms in total. The number of carbonyl (C=O) groups excluding carboxylic acids is 2. The van der Waals surface area contributed by atoms with E-state index in [4.69, 9.17) is 0 Å². The molecule has 1 heterocycles. The molecule has 1 atom stereocenters. The van der Waals surface area contributed by atoms with Gasteiger partial charge in [-0.1, -0.05) is 6.92 Å². The summed E-state index contributed by atoms with van der Waals surface area (Å²) in [5.41, 5.74) is 0. The first-order valence-electron chi connectivity index (χ1n) is 6.69. The molecule has 104 valence electrons. The number of piperidine rings is 1. The monoisotopic (exact) mass is 256 g/mol. The van der Waals surface area contributed by atoms with Crippen molar-refractivity contribution in [3.05, 3.63) is 0 Å². The second-order valence-corrected chi connectivity index (χ2v) is 4.70. The van der Waals surface area contributed by atoms with Crippen LogP contribution in [0.25, 0.3) is 0 Å². The molecule has 0 aliphatic carbocycles. The highest BCUT2D eigenvalue weighted by Gasteiger charge is 2.27. The first-order chi connectivity index (χ1) is 8.60. The predicted octanol–water partition coefficient (Wildman–Crippen LogP) is 0.882. The van der Waals surface area contributed by atoms with E-state index in [-0.39, 0.29) is 24.5 Å². The lowest BCUT2D eigenvalue weighted by Gasteiger charge is -2.33. The van der Waals surface area contributed by atoms with Crippen LogP contribution in [0.4, 0.5) is 0 Å². The van der Waals surface area contributed by atoms with Crippen LogP contribution in [-0.4, -0.2) is 61.0 Å². The summed E-state index contributed by atoms with van der Waals surface area (Å²) in [6.07, 6.45) is 3.38. The van der Waals surface area contributed by atoms with E-state index in [1.54, 1.807) is 0 Å². The van der Waals surface area contributed by atoms with Crippen LogP contribution in [0.3, 0.4) is 0 Å². The summed E-state index contributed by atoms with van der Waals surface area (Å²) in [7, 11) is 1.37. The molecule has 1 aliphatic heterocycles. The first-order valence-corrected chi connectivity index (χ1v) is 6.69. The molecule has 1 rings (SSSR count). The van der Waals surface area contributed by atoms with E-state index >= 15 is 0 Å². The summed E-state index contributed by atoms with van der Waals surface area (Å²) in [4.78, 5) is 27.4. The minimum Gasteiger partial charge on any atom is -0.468 e. The molecule has 18 heavy (non-hydrogen) atoms. The molecule has 1 saturated heterocycles. The van der Waals surface area contributed by atoms with Crippen molar-refractivity contribution in [2.75, 3.05) is 33.3 Å². The quantitative estimate of drug-likeness (QED) is 0.685. The molecule has 1 amide bonds. The number of hydrogen-bond donors (Lipinski definition) is 0. The largest absolute Gasteiger partial charge is 0.468 e. The fraction of sp³-hybridized carbons (Fsp3) is 0.846. The van der Waals surface area contributed by atoms with Gasteiger partial charge in [-0.3, -0.25) is 14.5 Å². The Hall–Kier alpha value is -1.10. The summed E-state index contributed by atoms with van der Waals surface area (Å²) < 4.78 is 4.65. The number of carbonyl (C=O) groups is 2. The molecule has 1 unspecified atom stereocenters. The standard InChI is InChI=1S/C13H24N2O3/c1-4-14(10-12(16)18-3)11(2)13(17)15-8-6-5-7-9-15/h11H,4-10H2,1-3H3. The Morgan fingerprint density at radius 2 is 1.89 bits per heavy atom. The lowest BCUT2D eigenvalue weighted by Crippen LogP contribution is -2.50. The zero-order valence-electron chi connectivity index (χ0n) is 11.6. The highest BCUT2D eigenvalue weighted by atomic mass is 16.5. The van der Waals surface area contributed by atoms with Gasteiger partial charge >= 0.3 is 5.97 Å². The summed E-state index contributed by atoms with van der Waals surface area (Å²) in [6, 6.07) is -0.257. The zero-order chi connectivity index (χ0) is 13.5. The third kappa shape index (κ3) is 3.98. The van der Waals surface area contributed by atoms with E-state index in [9.17, 15) is 9.59 Å². The van der Waals surface area contributed by atoms with Gasteiger partial charge in [0.15, 0.2) is 0 Å². The van der Waals surface area contributed by atoms with Crippen LogP contribution < -0.4 is 0 Å². The van der Waals surface area contributed by atoms with Gasteiger partial charge in [0, 0.05) is 13.1 Å². The van der Waals surface area contributed by atoms with Crippen LogP contribution in [0.1, 0.15) is 33.1 Å². The number of likely N-dealkylation sites (N-methyl/N-ethyl adjacent to an activating group) is 1. The van der Waals surface area contributed by atoms with E-state index in [0.717, 1.165) is 25.9 Å². The van der Waals surface area contributed by atoms with Gasteiger partial charge in [0.1, 0.15) is 0 Å². The normalized spacial score (nSPS) is 17.7. The number of methoxy groups -OCH3 is 1. The minimum atomic E-state index is -0.296. The average molecular weight is 256 g/mol. The number of likely N-dealkylation sites (tertiary alicyclic amines) is 1. The van der Waals surface area contributed by atoms with Crippen molar-refractivity contribution in [3.8, 4) is 0 Å². The molecule has 0 aromatic carbocycles. The number of hydrogen-bond acceptors (Lipinski definition) is 4. The maximum absolute atomic E-state index is 12.3. The summed E-state index contributed by atoms with van der Waals surface area (Å²) >= 11 is 0. The van der Waals surface area contributed by atoms with E-state index in [0.29, 0.717) is 6.54 Å². The second-order valence-electron chi connectivity index (χ2n) is 4.70.